The van der Waals surface area contributed by atoms with Crippen molar-refractivity contribution in [3.8, 4) is 5.75 Å². The van der Waals surface area contributed by atoms with Crippen LogP contribution in [0.4, 0.5) is 0 Å². The Morgan fingerprint density at radius 2 is 1.93 bits per heavy atom. The molecule has 6 nitrogen and oxygen atoms in total. The maximum atomic E-state index is 12.1. The molecule has 1 heterocycles. The summed E-state index contributed by atoms with van der Waals surface area (Å²) in [4.78, 5) is 24.0. The van der Waals surface area contributed by atoms with E-state index in [9.17, 15) is 9.59 Å². The summed E-state index contributed by atoms with van der Waals surface area (Å²) in [5.74, 6) is 0.131. The number of aromatic nitrogens is 2. The molecule has 0 saturated heterocycles. The first-order chi connectivity index (χ1) is 12.8. The third kappa shape index (κ3) is 5.69. The summed E-state index contributed by atoms with van der Waals surface area (Å²) in [5, 5.41) is 4.85. The zero-order valence-electron chi connectivity index (χ0n) is 15.9. The number of hydrogen-bond donors (Lipinski definition) is 0. The van der Waals surface area contributed by atoms with E-state index in [0.29, 0.717) is 34.5 Å². The van der Waals surface area contributed by atoms with Crippen LogP contribution < -0.4 is 4.74 Å². The van der Waals surface area contributed by atoms with Crippen LogP contribution in [-0.4, -0.2) is 35.2 Å². The Labute approximate surface area is 163 Å². The molecule has 0 bridgehead atoms. The van der Waals surface area contributed by atoms with Gasteiger partial charge in [0.2, 0.25) is 0 Å². The molecule has 0 atom stereocenters. The lowest BCUT2D eigenvalue weighted by molar-refractivity contribution is -0.136. The fourth-order valence-corrected chi connectivity index (χ4v) is 2.73. The number of benzene rings is 1. The maximum Gasteiger partial charge on any atom is 0.331 e. The molecule has 0 unspecified atom stereocenters. The lowest BCUT2D eigenvalue weighted by Crippen LogP contribution is -2.12. The standard InChI is InChI=1S/C20H23ClN2O4/c1-13(2)11-23-20(21)17(14(3)22-23)9-10-19(25)27-12-18(24)15-5-7-16(26-4)8-6-15/h5-10,13H,11-12H2,1-4H3/b10-9+. The Bertz CT molecular complexity index is 838. The molecule has 0 saturated carbocycles. The van der Waals surface area contributed by atoms with Gasteiger partial charge in [0.1, 0.15) is 10.9 Å². The number of nitrogens with zero attached hydrogens (tertiary/aromatic N) is 2. The van der Waals surface area contributed by atoms with Gasteiger partial charge in [-0.25, -0.2) is 4.79 Å². The summed E-state index contributed by atoms with van der Waals surface area (Å²) < 4.78 is 11.8. The summed E-state index contributed by atoms with van der Waals surface area (Å²) in [6.07, 6.45) is 2.80. The Balaban J connectivity index is 1.95. The molecule has 1 aromatic carbocycles. The van der Waals surface area contributed by atoms with Gasteiger partial charge < -0.3 is 9.47 Å². The third-order valence-corrected chi connectivity index (χ3v) is 4.19. The van der Waals surface area contributed by atoms with Crippen molar-refractivity contribution >= 4 is 29.4 Å². The van der Waals surface area contributed by atoms with Gasteiger partial charge in [0.25, 0.3) is 0 Å². The second-order valence-corrected chi connectivity index (χ2v) is 6.82. The summed E-state index contributed by atoms with van der Waals surface area (Å²) in [5.41, 5.74) is 1.83. The number of halogens is 1. The number of carbonyl (C=O) groups is 2. The van der Waals surface area contributed by atoms with Crippen LogP contribution >= 0.6 is 11.6 Å². The van der Waals surface area contributed by atoms with Crippen LogP contribution in [0.1, 0.15) is 35.5 Å². The molecule has 144 valence electrons. The van der Waals surface area contributed by atoms with E-state index in [4.69, 9.17) is 21.1 Å². The van der Waals surface area contributed by atoms with Gasteiger partial charge in [0.05, 0.1) is 12.8 Å². The van der Waals surface area contributed by atoms with Crippen molar-refractivity contribution in [2.75, 3.05) is 13.7 Å². The number of esters is 1. The van der Waals surface area contributed by atoms with Crippen molar-refractivity contribution in [2.24, 2.45) is 5.92 Å². The van der Waals surface area contributed by atoms with E-state index in [1.165, 1.54) is 6.08 Å². The third-order valence-electron chi connectivity index (χ3n) is 3.79. The van der Waals surface area contributed by atoms with Crippen LogP contribution in [-0.2, 0) is 16.1 Å². The van der Waals surface area contributed by atoms with E-state index >= 15 is 0 Å². The molecular formula is C20H23ClN2O4. The van der Waals surface area contributed by atoms with Crippen LogP contribution in [0.15, 0.2) is 30.3 Å². The van der Waals surface area contributed by atoms with E-state index in [1.807, 2.05) is 6.92 Å². The van der Waals surface area contributed by atoms with Crippen LogP contribution in [0.25, 0.3) is 6.08 Å². The molecule has 2 rings (SSSR count). The Hall–Kier alpha value is -2.60. The van der Waals surface area contributed by atoms with E-state index in [-0.39, 0.29) is 12.4 Å². The van der Waals surface area contributed by atoms with Crippen molar-refractivity contribution in [3.05, 3.63) is 52.3 Å². The molecule has 0 aliphatic carbocycles. The van der Waals surface area contributed by atoms with Gasteiger partial charge in [-0.1, -0.05) is 25.4 Å². The summed E-state index contributed by atoms with van der Waals surface area (Å²) >= 11 is 6.32. The van der Waals surface area contributed by atoms with Crippen LogP contribution in [0.3, 0.4) is 0 Å². The number of ketones is 1. The number of rotatable bonds is 8. The average Bonchev–Trinajstić information content (AvgIpc) is 2.90. The van der Waals surface area contributed by atoms with Crippen LogP contribution in [0, 0.1) is 12.8 Å². The Morgan fingerprint density at radius 1 is 1.26 bits per heavy atom. The predicted molar refractivity (Wildman–Crippen MR) is 104 cm³/mol. The molecule has 0 aliphatic heterocycles. The van der Waals surface area contributed by atoms with Gasteiger partial charge in [0, 0.05) is 23.7 Å². The van der Waals surface area contributed by atoms with Crippen molar-refractivity contribution in [1.82, 2.24) is 9.78 Å². The predicted octanol–water partition coefficient (Wildman–Crippen LogP) is 3.95. The van der Waals surface area contributed by atoms with Crippen molar-refractivity contribution in [1.29, 1.82) is 0 Å². The SMILES string of the molecule is COc1ccc(C(=O)COC(=O)/C=C/c2c(C)nn(CC(C)C)c2Cl)cc1. The zero-order chi connectivity index (χ0) is 20.0. The number of methoxy groups -OCH3 is 1. The zero-order valence-corrected chi connectivity index (χ0v) is 16.6. The Kier molecular flexibility index (Phi) is 7.19. The first-order valence-corrected chi connectivity index (χ1v) is 8.94. The van der Waals surface area contributed by atoms with Gasteiger partial charge in [-0.3, -0.25) is 9.48 Å². The molecule has 0 N–H and O–H groups in total. The molecule has 0 spiro atoms. The molecule has 7 heteroatoms. The topological polar surface area (TPSA) is 70.4 Å². The first kappa shape index (κ1) is 20.7. The number of ether oxygens (including phenoxy) is 2. The molecule has 0 radical (unpaired) electrons. The van der Waals surface area contributed by atoms with Crippen LogP contribution in [0.2, 0.25) is 5.15 Å². The second-order valence-electron chi connectivity index (χ2n) is 6.46. The van der Waals surface area contributed by atoms with Gasteiger partial charge in [-0.05, 0) is 43.2 Å². The average molecular weight is 391 g/mol. The van der Waals surface area contributed by atoms with Gasteiger partial charge in [-0.2, -0.15) is 5.10 Å². The molecule has 0 aliphatic rings. The lowest BCUT2D eigenvalue weighted by atomic mass is 10.1. The maximum absolute atomic E-state index is 12.1. The highest BCUT2D eigenvalue weighted by Gasteiger charge is 2.13. The summed E-state index contributed by atoms with van der Waals surface area (Å²) in [6, 6.07) is 6.59. The fourth-order valence-electron chi connectivity index (χ4n) is 2.42. The Morgan fingerprint density at radius 3 is 2.52 bits per heavy atom. The molecular weight excluding hydrogens is 368 g/mol. The quantitative estimate of drug-likeness (QED) is 0.387. The normalized spacial score (nSPS) is 11.2. The smallest absolute Gasteiger partial charge is 0.331 e. The van der Waals surface area contributed by atoms with Gasteiger partial charge in [0.15, 0.2) is 12.4 Å². The van der Waals surface area contributed by atoms with E-state index in [0.717, 1.165) is 5.69 Å². The first-order valence-electron chi connectivity index (χ1n) is 8.56. The summed E-state index contributed by atoms with van der Waals surface area (Å²) in [6.45, 7) is 6.31. The summed E-state index contributed by atoms with van der Waals surface area (Å²) in [7, 11) is 1.55. The highest BCUT2D eigenvalue weighted by atomic mass is 35.5. The molecule has 2 aromatic rings. The van der Waals surface area contributed by atoms with Gasteiger partial charge in [-0.15, -0.1) is 0 Å². The van der Waals surface area contributed by atoms with E-state index in [2.05, 4.69) is 18.9 Å². The van der Waals surface area contributed by atoms with Crippen molar-refractivity contribution in [2.45, 2.75) is 27.3 Å². The molecule has 0 fully saturated rings. The number of aryl methyl sites for hydroxylation is 1. The number of carbonyl (C=O) groups excluding carboxylic acids is 2. The van der Waals surface area contributed by atoms with Crippen molar-refractivity contribution in [3.63, 3.8) is 0 Å². The minimum Gasteiger partial charge on any atom is -0.497 e. The van der Waals surface area contributed by atoms with Gasteiger partial charge >= 0.3 is 5.97 Å². The number of hydrogen-bond acceptors (Lipinski definition) is 5. The van der Waals surface area contributed by atoms with E-state index < -0.39 is 5.97 Å². The molecule has 1 aromatic heterocycles. The largest absolute Gasteiger partial charge is 0.497 e. The molecule has 0 amide bonds. The minimum absolute atomic E-state index is 0.293. The fraction of sp³-hybridized carbons (Fsp3) is 0.350. The number of Topliss-reactive ketones (excluding diaryl/α,β-unsaturated/α-hetero) is 1. The van der Waals surface area contributed by atoms with Crippen LogP contribution in [0.5, 0.6) is 5.75 Å². The highest BCUT2D eigenvalue weighted by molar-refractivity contribution is 6.31. The van der Waals surface area contributed by atoms with E-state index in [1.54, 1.807) is 42.1 Å². The molecule has 27 heavy (non-hydrogen) atoms. The monoisotopic (exact) mass is 390 g/mol. The minimum atomic E-state index is -0.621. The highest BCUT2D eigenvalue weighted by Crippen LogP contribution is 2.22. The van der Waals surface area contributed by atoms with Crippen molar-refractivity contribution < 1.29 is 19.1 Å². The lowest BCUT2D eigenvalue weighted by Gasteiger charge is -2.05. The second kappa shape index (κ2) is 9.37.